The van der Waals surface area contributed by atoms with Gasteiger partial charge in [0.1, 0.15) is 10.4 Å². The van der Waals surface area contributed by atoms with Gasteiger partial charge in [0.2, 0.25) is 0 Å². The summed E-state index contributed by atoms with van der Waals surface area (Å²) in [7, 11) is 1.89. The Hall–Kier alpha value is -0.350. The van der Waals surface area contributed by atoms with E-state index in [4.69, 9.17) is 0 Å². The van der Waals surface area contributed by atoms with Crippen molar-refractivity contribution in [1.82, 2.24) is 15.3 Å². The molecule has 1 heterocycles. The number of aromatic amines is 1. The molecule has 0 aliphatic carbocycles. The summed E-state index contributed by atoms with van der Waals surface area (Å²) in [4.78, 5) is 7.06. The van der Waals surface area contributed by atoms with E-state index in [9.17, 15) is 0 Å². The average Bonchev–Trinajstić information content (AvgIpc) is 2.41. The SMILES string of the molecule is CC.CNCc1ncc(Br)[nH]1. The molecule has 1 aromatic rings. The maximum Gasteiger partial charge on any atom is 0.120 e. The van der Waals surface area contributed by atoms with Gasteiger partial charge in [0.05, 0.1) is 12.7 Å². The standard InChI is InChI=1S/C5H8BrN3.C2H6/c1-7-3-5-8-2-4(6)9-5;1-2/h2,7H,3H2,1H3,(H,8,9);1-2H3. The van der Waals surface area contributed by atoms with Crippen LogP contribution in [0.4, 0.5) is 0 Å². The molecule has 0 saturated heterocycles. The molecule has 0 saturated carbocycles. The lowest BCUT2D eigenvalue weighted by molar-refractivity contribution is 0.771. The van der Waals surface area contributed by atoms with Crippen molar-refractivity contribution in [1.29, 1.82) is 0 Å². The van der Waals surface area contributed by atoms with E-state index in [0.717, 1.165) is 17.0 Å². The van der Waals surface area contributed by atoms with Gasteiger partial charge < -0.3 is 10.3 Å². The van der Waals surface area contributed by atoms with Crippen molar-refractivity contribution in [3.8, 4) is 0 Å². The van der Waals surface area contributed by atoms with E-state index in [1.54, 1.807) is 6.20 Å². The molecule has 0 bridgehead atoms. The molecular formula is C7H14BrN3. The average molecular weight is 220 g/mol. The van der Waals surface area contributed by atoms with E-state index in [0.29, 0.717) is 0 Å². The minimum atomic E-state index is 0.783. The first kappa shape index (κ1) is 10.7. The summed E-state index contributed by atoms with van der Waals surface area (Å²) in [5, 5.41) is 2.98. The van der Waals surface area contributed by atoms with Gasteiger partial charge in [-0.1, -0.05) is 13.8 Å². The maximum atomic E-state index is 4.04. The van der Waals surface area contributed by atoms with Crippen molar-refractivity contribution >= 4 is 15.9 Å². The molecule has 1 aromatic heterocycles. The van der Waals surface area contributed by atoms with E-state index in [1.165, 1.54) is 0 Å². The number of nitrogens with one attached hydrogen (secondary N) is 2. The number of halogens is 1. The zero-order valence-electron chi connectivity index (χ0n) is 7.11. The van der Waals surface area contributed by atoms with Crippen LogP contribution in [-0.2, 0) is 6.54 Å². The predicted molar refractivity (Wildman–Crippen MR) is 50.4 cm³/mol. The topological polar surface area (TPSA) is 40.7 Å². The van der Waals surface area contributed by atoms with Crippen molar-refractivity contribution in [2.75, 3.05) is 7.05 Å². The fourth-order valence-electron chi connectivity index (χ4n) is 0.594. The molecule has 64 valence electrons. The monoisotopic (exact) mass is 219 g/mol. The fourth-order valence-corrected chi connectivity index (χ4v) is 0.925. The van der Waals surface area contributed by atoms with Crippen molar-refractivity contribution in [2.24, 2.45) is 0 Å². The zero-order valence-corrected chi connectivity index (χ0v) is 8.70. The lowest BCUT2D eigenvalue weighted by Crippen LogP contribution is -2.06. The van der Waals surface area contributed by atoms with Crippen molar-refractivity contribution in [2.45, 2.75) is 20.4 Å². The molecule has 4 heteroatoms. The van der Waals surface area contributed by atoms with E-state index in [-0.39, 0.29) is 0 Å². The second-order valence-corrected chi connectivity index (χ2v) is 2.56. The van der Waals surface area contributed by atoms with Gasteiger partial charge in [-0.25, -0.2) is 4.98 Å². The molecule has 0 aliphatic heterocycles. The van der Waals surface area contributed by atoms with Gasteiger partial charge in [-0.2, -0.15) is 0 Å². The van der Waals surface area contributed by atoms with Crippen LogP contribution in [0.1, 0.15) is 19.7 Å². The van der Waals surface area contributed by atoms with Gasteiger partial charge in [0, 0.05) is 0 Å². The summed E-state index contributed by atoms with van der Waals surface area (Å²) < 4.78 is 0.924. The molecule has 0 aliphatic rings. The van der Waals surface area contributed by atoms with Gasteiger partial charge in [-0.15, -0.1) is 0 Å². The lowest BCUT2D eigenvalue weighted by atomic mass is 10.6. The smallest absolute Gasteiger partial charge is 0.120 e. The first-order valence-electron chi connectivity index (χ1n) is 3.67. The third-order valence-electron chi connectivity index (χ3n) is 0.942. The molecule has 0 fully saturated rings. The molecule has 0 amide bonds. The van der Waals surface area contributed by atoms with Gasteiger partial charge in [-0.05, 0) is 23.0 Å². The number of rotatable bonds is 2. The van der Waals surface area contributed by atoms with Crippen molar-refractivity contribution in [3.63, 3.8) is 0 Å². The van der Waals surface area contributed by atoms with Crippen molar-refractivity contribution < 1.29 is 0 Å². The predicted octanol–water partition coefficient (Wildman–Crippen LogP) is 1.92. The highest BCUT2D eigenvalue weighted by molar-refractivity contribution is 9.10. The normalized spacial score (nSPS) is 8.73. The van der Waals surface area contributed by atoms with Gasteiger partial charge in [-0.3, -0.25) is 0 Å². The van der Waals surface area contributed by atoms with Crippen LogP contribution in [0.25, 0.3) is 0 Å². The molecule has 1 rings (SSSR count). The van der Waals surface area contributed by atoms with Crippen LogP contribution < -0.4 is 5.32 Å². The first-order valence-corrected chi connectivity index (χ1v) is 4.46. The summed E-state index contributed by atoms with van der Waals surface area (Å²) in [5.74, 6) is 0.948. The third kappa shape index (κ3) is 4.16. The van der Waals surface area contributed by atoms with E-state index >= 15 is 0 Å². The minimum Gasteiger partial charge on any atom is -0.336 e. The van der Waals surface area contributed by atoms with E-state index in [2.05, 4.69) is 31.2 Å². The molecule has 0 unspecified atom stereocenters. The van der Waals surface area contributed by atoms with Crippen LogP contribution >= 0.6 is 15.9 Å². The molecule has 0 spiro atoms. The number of H-pyrrole nitrogens is 1. The minimum absolute atomic E-state index is 0.783. The molecular weight excluding hydrogens is 206 g/mol. The first-order chi connectivity index (χ1) is 5.33. The van der Waals surface area contributed by atoms with Crippen molar-refractivity contribution in [3.05, 3.63) is 16.6 Å². The second-order valence-electron chi connectivity index (χ2n) is 1.71. The number of nitrogens with zero attached hydrogens (tertiary/aromatic N) is 1. The van der Waals surface area contributed by atoms with E-state index in [1.807, 2.05) is 20.9 Å². The van der Waals surface area contributed by atoms with Crippen LogP contribution in [0.5, 0.6) is 0 Å². The molecule has 0 radical (unpaired) electrons. The Bertz CT molecular complexity index is 186. The Balaban J connectivity index is 0.000000461. The summed E-state index contributed by atoms with van der Waals surface area (Å²) in [6.45, 7) is 4.78. The third-order valence-corrected chi connectivity index (χ3v) is 1.34. The number of hydrogen-bond acceptors (Lipinski definition) is 2. The highest BCUT2D eigenvalue weighted by atomic mass is 79.9. The Labute approximate surface area is 75.7 Å². The largest absolute Gasteiger partial charge is 0.336 e. The molecule has 2 N–H and O–H groups in total. The molecule has 11 heavy (non-hydrogen) atoms. The summed E-state index contributed by atoms with van der Waals surface area (Å²) >= 11 is 3.26. The zero-order chi connectivity index (χ0) is 8.69. The molecule has 0 atom stereocenters. The van der Waals surface area contributed by atoms with Crippen LogP contribution in [0.15, 0.2) is 10.8 Å². The molecule has 3 nitrogen and oxygen atoms in total. The van der Waals surface area contributed by atoms with Crippen LogP contribution in [0.3, 0.4) is 0 Å². The Kier molecular flexibility index (Phi) is 6.16. The van der Waals surface area contributed by atoms with Crippen LogP contribution in [0.2, 0.25) is 0 Å². The highest BCUT2D eigenvalue weighted by Gasteiger charge is 1.93. The Morgan fingerprint density at radius 3 is 2.64 bits per heavy atom. The molecule has 0 aromatic carbocycles. The van der Waals surface area contributed by atoms with E-state index < -0.39 is 0 Å². The summed E-state index contributed by atoms with van der Waals surface area (Å²) in [5.41, 5.74) is 0. The van der Waals surface area contributed by atoms with Gasteiger partial charge in [0.25, 0.3) is 0 Å². The van der Waals surface area contributed by atoms with Crippen LogP contribution in [-0.4, -0.2) is 17.0 Å². The summed E-state index contributed by atoms with van der Waals surface area (Å²) in [6.07, 6.45) is 1.74. The quantitative estimate of drug-likeness (QED) is 0.799. The number of aromatic nitrogens is 2. The number of hydrogen-bond donors (Lipinski definition) is 2. The number of imidazole rings is 1. The van der Waals surface area contributed by atoms with Gasteiger partial charge >= 0.3 is 0 Å². The maximum absolute atomic E-state index is 4.04. The Morgan fingerprint density at radius 2 is 2.27 bits per heavy atom. The van der Waals surface area contributed by atoms with Crippen LogP contribution in [0, 0.1) is 0 Å². The van der Waals surface area contributed by atoms with Gasteiger partial charge in [0.15, 0.2) is 0 Å². The Morgan fingerprint density at radius 1 is 1.64 bits per heavy atom. The second kappa shape index (κ2) is 6.37. The highest BCUT2D eigenvalue weighted by Crippen LogP contribution is 2.03. The lowest BCUT2D eigenvalue weighted by Gasteiger charge is -1.89. The summed E-state index contributed by atoms with van der Waals surface area (Å²) in [6, 6.07) is 0. The fraction of sp³-hybridized carbons (Fsp3) is 0.571.